The molecule has 1 amide bonds. The molecule has 0 unspecified atom stereocenters. The number of benzene rings is 1. The van der Waals surface area contributed by atoms with Crippen molar-refractivity contribution in [1.29, 1.82) is 5.41 Å². The van der Waals surface area contributed by atoms with E-state index in [1.54, 1.807) is 18.2 Å². The molecule has 0 saturated carbocycles. The Morgan fingerprint density at radius 2 is 1.54 bits per heavy atom. The van der Waals surface area contributed by atoms with Gasteiger partial charge in [-0.15, -0.1) is 0 Å². The number of rotatable bonds is 6. The zero-order valence-electron chi connectivity index (χ0n) is 16.0. The molecule has 0 bridgehead atoms. The van der Waals surface area contributed by atoms with Crippen LogP contribution in [0.4, 0.5) is 5.69 Å². The lowest BCUT2D eigenvalue weighted by atomic mass is 9.82. The van der Waals surface area contributed by atoms with Crippen molar-refractivity contribution in [3.8, 4) is 11.5 Å². The third kappa shape index (κ3) is 4.45. The van der Waals surface area contributed by atoms with Gasteiger partial charge in [0.25, 0.3) is 0 Å². The van der Waals surface area contributed by atoms with Crippen LogP contribution in [0.5, 0.6) is 11.5 Å². The quantitative estimate of drug-likeness (QED) is 0.463. The van der Waals surface area contributed by atoms with Crippen LogP contribution in [0.25, 0.3) is 0 Å². The molecular formula is C18H25BN2O5. The van der Waals surface area contributed by atoms with E-state index >= 15 is 0 Å². The standard InChI is InChI=1S/C18H25BN2O5/c1-17(2)18(3,4)26-19(25-17)15(20)7-8-16(22)21-12-9-13(23-5)11-14(10-12)24-6/h7-11,20H,1-6H3,(H,21,22)/b8-7-,20-15?. The second-order valence-electron chi connectivity index (χ2n) is 6.97. The molecule has 0 radical (unpaired) electrons. The largest absolute Gasteiger partial charge is 0.513 e. The molecule has 2 N–H and O–H groups in total. The summed E-state index contributed by atoms with van der Waals surface area (Å²) in [6.07, 6.45) is 2.63. The number of methoxy groups -OCH3 is 2. The summed E-state index contributed by atoms with van der Waals surface area (Å²) < 4.78 is 21.9. The highest BCUT2D eigenvalue weighted by molar-refractivity contribution is 6.84. The van der Waals surface area contributed by atoms with Gasteiger partial charge in [0, 0.05) is 30.0 Å². The molecule has 0 aliphatic carbocycles. The number of ether oxygens (including phenoxy) is 2. The van der Waals surface area contributed by atoms with Crippen molar-refractivity contribution in [2.75, 3.05) is 19.5 Å². The Morgan fingerprint density at radius 1 is 1.04 bits per heavy atom. The zero-order chi connectivity index (χ0) is 19.5. The van der Waals surface area contributed by atoms with E-state index in [0.29, 0.717) is 17.2 Å². The number of carbonyl (C=O) groups is 1. The number of hydrogen-bond donors (Lipinski definition) is 2. The average Bonchev–Trinajstić information content (AvgIpc) is 2.80. The monoisotopic (exact) mass is 360 g/mol. The maximum absolute atomic E-state index is 12.1. The summed E-state index contributed by atoms with van der Waals surface area (Å²) >= 11 is 0. The van der Waals surface area contributed by atoms with E-state index in [9.17, 15) is 4.79 Å². The molecule has 1 fully saturated rings. The van der Waals surface area contributed by atoms with Crippen LogP contribution in [0.15, 0.2) is 30.4 Å². The Morgan fingerprint density at radius 3 is 2.00 bits per heavy atom. The minimum atomic E-state index is -0.805. The van der Waals surface area contributed by atoms with Crippen molar-refractivity contribution >= 4 is 24.3 Å². The molecule has 8 heteroatoms. The van der Waals surface area contributed by atoms with Crippen molar-refractivity contribution < 1.29 is 23.6 Å². The van der Waals surface area contributed by atoms with Crippen LogP contribution in [0.1, 0.15) is 27.7 Å². The second-order valence-corrected chi connectivity index (χ2v) is 6.97. The highest BCUT2D eigenvalue weighted by atomic mass is 16.7. The molecule has 1 aliphatic heterocycles. The predicted molar refractivity (Wildman–Crippen MR) is 101 cm³/mol. The van der Waals surface area contributed by atoms with Crippen LogP contribution in [-0.4, -0.2) is 44.1 Å². The van der Waals surface area contributed by atoms with E-state index < -0.39 is 18.3 Å². The normalized spacial score (nSPS) is 18.0. The van der Waals surface area contributed by atoms with Crippen molar-refractivity contribution in [2.24, 2.45) is 0 Å². The first kappa shape index (κ1) is 20.0. The first-order chi connectivity index (χ1) is 12.1. The molecule has 2 rings (SSSR count). The minimum absolute atomic E-state index is 0.0713. The topological polar surface area (TPSA) is 89.9 Å². The Bertz CT molecular complexity index is 692. The fourth-order valence-corrected chi connectivity index (χ4v) is 2.28. The Balaban J connectivity index is 2.01. The highest BCUT2D eigenvalue weighted by Gasteiger charge is 2.52. The SMILES string of the molecule is COc1cc(NC(=O)/C=C\C(=N)B2OC(C)(C)C(C)(C)O2)cc(OC)c1. The lowest BCUT2D eigenvalue weighted by Gasteiger charge is -2.32. The van der Waals surface area contributed by atoms with Crippen LogP contribution >= 0.6 is 0 Å². The van der Waals surface area contributed by atoms with E-state index in [4.69, 9.17) is 24.2 Å². The lowest BCUT2D eigenvalue weighted by molar-refractivity contribution is -0.111. The summed E-state index contributed by atoms with van der Waals surface area (Å²) in [5.41, 5.74) is -0.464. The first-order valence-electron chi connectivity index (χ1n) is 8.24. The van der Waals surface area contributed by atoms with Crippen molar-refractivity contribution in [1.82, 2.24) is 0 Å². The Kier molecular flexibility index (Phi) is 5.78. The fraction of sp³-hybridized carbons (Fsp3) is 0.444. The van der Waals surface area contributed by atoms with Gasteiger partial charge in [0.2, 0.25) is 5.91 Å². The van der Waals surface area contributed by atoms with E-state index in [2.05, 4.69) is 5.32 Å². The van der Waals surface area contributed by atoms with Gasteiger partial charge in [-0.1, -0.05) is 0 Å². The maximum Gasteiger partial charge on any atom is 0.513 e. The number of allylic oxidation sites excluding steroid dienone is 1. The highest BCUT2D eigenvalue weighted by Crippen LogP contribution is 2.36. The molecule has 26 heavy (non-hydrogen) atoms. The Hall–Kier alpha value is -2.32. The van der Waals surface area contributed by atoms with E-state index in [0.717, 1.165) is 0 Å². The van der Waals surface area contributed by atoms with Crippen molar-refractivity contribution in [3.63, 3.8) is 0 Å². The summed E-state index contributed by atoms with van der Waals surface area (Å²) in [5, 5.41) is 10.8. The number of nitrogens with one attached hydrogen (secondary N) is 2. The minimum Gasteiger partial charge on any atom is -0.497 e. The summed E-state index contributed by atoms with van der Waals surface area (Å²) in [7, 11) is 2.26. The van der Waals surface area contributed by atoms with Gasteiger partial charge < -0.3 is 29.5 Å². The van der Waals surface area contributed by atoms with Crippen LogP contribution in [-0.2, 0) is 14.1 Å². The van der Waals surface area contributed by atoms with Crippen LogP contribution in [0, 0.1) is 5.41 Å². The third-order valence-corrected chi connectivity index (χ3v) is 4.54. The van der Waals surface area contributed by atoms with Crippen LogP contribution in [0.2, 0.25) is 0 Å². The summed E-state index contributed by atoms with van der Waals surface area (Å²) in [5.74, 6) is 0.740. The first-order valence-corrected chi connectivity index (χ1v) is 8.24. The van der Waals surface area contributed by atoms with Gasteiger partial charge in [0.15, 0.2) is 0 Å². The zero-order valence-corrected chi connectivity index (χ0v) is 16.0. The lowest BCUT2D eigenvalue weighted by Crippen LogP contribution is -2.41. The van der Waals surface area contributed by atoms with Crippen LogP contribution < -0.4 is 14.8 Å². The third-order valence-electron chi connectivity index (χ3n) is 4.54. The molecule has 0 aromatic heterocycles. The van der Waals surface area contributed by atoms with Gasteiger partial charge in [-0.3, -0.25) is 4.79 Å². The molecule has 1 aromatic carbocycles. The molecule has 0 spiro atoms. The molecule has 1 aromatic rings. The Labute approximate surface area is 154 Å². The molecule has 7 nitrogen and oxygen atoms in total. The van der Waals surface area contributed by atoms with Crippen molar-refractivity contribution in [2.45, 2.75) is 38.9 Å². The summed E-state index contributed by atoms with van der Waals surface area (Å²) in [4.78, 5) is 12.1. The summed E-state index contributed by atoms with van der Waals surface area (Å²) in [6, 6.07) is 5.06. The average molecular weight is 360 g/mol. The van der Waals surface area contributed by atoms with Gasteiger partial charge in [-0.25, -0.2) is 0 Å². The number of hydrogen-bond acceptors (Lipinski definition) is 6. The molecule has 140 valence electrons. The van der Waals surface area contributed by atoms with E-state index in [-0.39, 0.29) is 11.5 Å². The maximum atomic E-state index is 12.1. The fourth-order valence-electron chi connectivity index (χ4n) is 2.28. The van der Waals surface area contributed by atoms with Gasteiger partial charge in [0.1, 0.15) is 11.5 Å². The van der Waals surface area contributed by atoms with E-state index in [1.165, 1.54) is 26.4 Å². The van der Waals surface area contributed by atoms with E-state index in [1.807, 2.05) is 27.7 Å². The second kappa shape index (κ2) is 7.51. The van der Waals surface area contributed by atoms with Gasteiger partial charge in [-0.2, -0.15) is 0 Å². The van der Waals surface area contributed by atoms with Crippen LogP contribution in [0.3, 0.4) is 0 Å². The molecule has 1 aliphatic rings. The molecule has 0 atom stereocenters. The van der Waals surface area contributed by atoms with Gasteiger partial charge in [-0.05, 0) is 33.8 Å². The van der Waals surface area contributed by atoms with Crippen molar-refractivity contribution in [3.05, 3.63) is 30.4 Å². The smallest absolute Gasteiger partial charge is 0.497 e. The molecule has 1 saturated heterocycles. The number of anilines is 1. The number of carbonyl (C=O) groups excluding carboxylic acids is 1. The summed E-state index contributed by atoms with van der Waals surface area (Å²) in [6.45, 7) is 7.64. The van der Waals surface area contributed by atoms with Gasteiger partial charge >= 0.3 is 7.12 Å². The number of amides is 1. The molecular weight excluding hydrogens is 335 g/mol. The molecule has 1 heterocycles. The predicted octanol–water partition coefficient (Wildman–Crippen LogP) is 2.85. The van der Waals surface area contributed by atoms with Gasteiger partial charge in [0.05, 0.1) is 31.0 Å².